The van der Waals surface area contributed by atoms with Gasteiger partial charge in [-0.25, -0.2) is 0 Å². The second-order valence-corrected chi connectivity index (χ2v) is 6.12. The average molecular weight is 354 g/mol. The predicted molar refractivity (Wildman–Crippen MR) is 90.8 cm³/mol. The van der Waals surface area contributed by atoms with E-state index in [1.807, 2.05) is 6.92 Å². The summed E-state index contributed by atoms with van der Waals surface area (Å²) >= 11 is 0. The van der Waals surface area contributed by atoms with E-state index in [1.165, 1.54) is 6.07 Å². The molecule has 1 aromatic carbocycles. The fourth-order valence-electron chi connectivity index (χ4n) is 2.63. The number of alkyl halides is 3. The van der Waals surface area contributed by atoms with Crippen molar-refractivity contribution in [2.24, 2.45) is 7.05 Å². The fraction of sp³-hybridized carbons (Fsp3) is 0.412. The molecular formula is C17H21F3N4O. The van der Waals surface area contributed by atoms with Gasteiger partial charge in [-0.1, -0.05) is 0 Å². The first-order chi connectivity index (χ1) is 11.5. The van der Waals surface area contributed by atoms with Crippen molar-refractivity contribution in [3.8, 4) is 0 Å². The summed E-state index contributed by atoms with van der Waals surface area (Å²) in [4.78, 5) is 14.0. The molecule has 0 saturated heterocycles. The Hall–Kier alpha value is -2.51. The van der Waals surface area contributed by atoms with Crippen LogP contribution in [0.2, 0.25) is 0 Å². The molecule has 0 aliphatic rings. The first-order valence-electron chi connectivity index (χ1n) is 7.68. The summed E-state index contributed by atoms with van der Waals surface area (Å²) in [7, 11) is 5.18. The van der Waals surface area contributed by atoms with E-state index in [-0.39, 0.29) is 18.0 Å². The Morgan fingerprint density at radius 3 is 2.40 bits per heavy atom. The molecule has 0 atom stereocenters. The first-order valence-corrected chi connectivity index (χ1v) is 7.68. The van der Waals surface area contributed by atoms with Gasteiger partial charge in [-0.15, -0.1) is 0 Å². The van der Waals surface area contributed by atoms with Gasteiger partial charge in [0.05, 0.1) is 29.1 Å². The minimum atomic E-state index is -4.47. The van der Waals surface area contributed by atoms with Crippen LogP contribution < -0.4 is 10.2 Å². The van der Waals surface area contributed by atoms with Gasteiger partial charge in [0, 0.05) is 32.4 Å². The van der Waals surface area contributed by atoms with Gasteiger partial charge in [0.1, 0.15) is 0 Å². The standard InChI is InChI=1S/C17H21F3N4O/c1-10-13(11(2)24(5)22-10)9-16(25)21-14-8-12(17(18,19)20)6-7-15(14)23(3)4/h6-8H,9H2,1-5H3,(H,21,25). The van der Waals surface area contributed by atoms with Crippen LogP contribution in [0.25, 0.3) is 0 Å². The highest BCUT2D eigenvalue weighted by molar-refractivity contribution is 5.96. The van der Waals surface area contributed by atoms with Crippen molar-refractivity contribution in [3.05, 3.63) is 40.7 Å². The molecule has 5 nitrogen and oxygen atoms in total. The normalized spacial score (nSPS) is 11.5. The molecule has 8 heteroatoms. The molecule has 0 radical (unpaired) electrons. The smallest absolute Gasteiger partial charge is 0.376 e. The number of amides is 1. The van der Waals surface area contributed by atoms with E-state index in [0.717, 1.165) is 29.1 Å². The number of aromatic nitrogens is 2. The van der Waals surface area contributed by atoms with Crippen LogP contribution in [0.1, 0.15) is 22.5 Å². The Kier molecular flexibility index (Phi) is 5.10. The molecule has 0 saturated carbocycles. The number of hydrogen-bond donors (Lipinski definition) is 1. The lowest BCUT2D eigenvalue weighted by Crippen LogP contribution is -2.19. The summed E-state index contributed by atoms with van der Waals surface area (Å²) in [6, 6.07) is 3.30. The van der Waals surface area contributed by atoms with Gasteiger partial charge in [0.2, 0.25) is 5.91 Å². The van der Waals surface area contributed by atoms with E-state index in [9.17, 15) is 18.0 Å². The third kappa shape index (κ3) is 4.12. The minimum absolute atomic E-state index is 0.0502. The number of carbonyl (C=O) groups is 1. The summed E-state index contributed by atoms with van der Waals surface area (Å²) in [6.07, 6.45) is -4.42. The number of aryl methyl sites for hydroxylation is 2. The largest absolute Gasteiger partial charge is 0.416 e. The molecule has 136 valence electrons. The third-order valence-electron chi connectivity index (χ3n) is 4.08. The Balaban J connectivity index is 2.30. The van der Waals surface area contributed by atoms with Crippen LogP contribution in [0.5, 0.6) is 0 Å². The second-order valence-electron chi connectivity index (χ2n) is 6.12. The molecule has 0 unspecified atom stereocenters. The maximum absolute atomic E-state index is 13.0. The Morgan fingerprint density at radius 2 is 1.92 bits per heavy atom. The van der Waals surface area contributed by atoms with E-state index in [4.69, 9.17) is 0 Å². The summed E-state index contributed by atoms with van der Waals surface area (Å²) in [5.41, 5.74) is 2.18. The monoisotopic (exact) mass is 354 g/mol. The first kappa shape index (κ1) is 18.8. The molecular weight excluding hydrogens is 333 g/mol. The van der Waals surface area contributed by atoms with E-state index >= 15 is 0 Å². The van der Waals surface area contributed by atoms with E-state index < -0.39 is 11.7 Å². The lowest BCUT2D eigenvalue weighted by atomic mass is 10.1. The highest BCUT2D eigenvalue weighted by Gasteiger charge is 2.31. The van der Waals surface area contributed by atoms with Crippen LogP contribution in [0.3, 0.4) is 0 Å². The zero-order valence-electron chi connectivity index (χ0n) is 14.8. The number of halogens is 3. The van der Waals surface area contributed by atoms with E-state index in [1.54, 1.807) is 37.6 Å². The van der Waals surface area contributed by atoms with Crippen molar-refractivity contribution in [2.45, 2.75) is 26.4 Å². The molecule has 0 fully saturated rings. The maximum Gasteiger partial charge on any atom is 0.416 e. The molecule has 1 N–H and O–H groups in total. The predicted octanol–water partition coefficient (Wildman–Crippen LogP) is 3.30. The number of hydrogen-bond acceptors (Lipinski definition) is 3. The Labute approximate surface area is 144 Å². The molecule has 1 heterocycles. The maximum atomic E-state index is 13.0. The van der Waals surface area contributed by atoms with Gasteiger partial charge >= 0.3 is 6.18 Å². The third-order valence-corrected chi connectivity index (χ3v) is 4.08. The van der Waals surface area contributed by atoms with Gasteiger partial charge < -0.3 is 10.2 Å². The number of carbonyl (C=O) groups excluding carboxylic acids is 1. The molecule has 1 amide bonds. The molecule has 0 aliphatic heterocycles. The average Bonchev–Trinajstić information content (AvgIpc) is 2.72. The van der Waals surface area contributed by atoms with Crippen molar-refractivity contribution in [3.63, 3.8) is 0 Å². The molecule has 0 aliphatic carbocycles. The number of anilines is 2. The zero-order chi connectivity index (χ0) is 18.9. The van der Waals surface area contributed by atoms with Crippen molar-refractivity contribution in [2.75, 3.05) is 24.3 Å². The van der Waals surface area contributed by atoms with Crippen LogP contribution in [-0.2, 0) is 24.4 Å². The summed E-state index contributed by atoms with van der Waals surface area (Å²) < 4.78 is 40.5. The molecule has 0 bridgehead atoms. The lowest BCUT2D eigenvalue weighted by Gasteiger charge is -2.20. The van der Waals surface area contributed by atoms with Crippen LogP contribution in [-0.4, -0.2) is 29.8 Å². The van der Waals surface area contributed by atoms with Crippen LogP contribution >= 0.6 is 0 Å². The van der Waals surface area contributed by atoms with Crippen molar-refractivity contribution in [1.82, 2.24) is 9.78 Å². The van der Waals surface area contributed by atoms with Crippen LogP contribution in [0, 0.1) is 13.8 Å². The SMILES string of the molecule is Cc1nn(C)c(C)c1CC(=O)Nc1cc(C(F)(F)F)ccc1N(C)C. The van der Waals surface area contributed by atoms with Crippen molar-refractivity contribution >= 4 is 17.3 Å². The topological polar surface area (TPSA) is 50.2 Å². The summed E-state index contributed by atoms with van der Waals surface area (Å²) in [5.74, 6) is -0.387. The molecule has 25 heavy (non-hydrogen) atoms. The molecule has 2 rings (SSSR count). The van der Waals surface area contributed by atoms with Gasteiger partial charge in [-0.2, -0.15) is 18.3 Å². The van der Waals surface area contributed by atoms with Gasteiger partial charge in [-0.05, 0) is 32.0 Å². The summed E-state index contributed by atoms with van der Waals surface area (Å²) in [6.45, 7) is 3.64. The highest BCUT2D eigenvalue weighted by Crippen LogP contribution is 2.35. The number of rotatable bonds is 4. The van der Waals surface area contributed by atoms with Crippen LogP contribution in [0.4, 0.5) is 24.5 Å². The van der Waals surface area contributed by atoms with E-state index in [0.29, 0.717) is 5.69 Å². The van der Waals surface area contributed by atoms with Crippen LogP contribution in [0.15, 0.2) is 18.2 Å². The minimum Gasteiger partial charge on any atom is -0.376 e. The number of benzene rings is 1. The molecule has 0 spiro atoms. The zero-order valence-corrected chi connectivity index (χ0v) is 14.8. The Bertz CT molecular complexity index is 794. The van der Waals surface area contributed by atoms with Crippen molar-refractivity contribution in [1.29, 1.82) is 0 Å². The second kappa shape index (κ2) is 6.78. The molecule has 2 aromatic rings. The van der Waals surface area contributed by atoms with Gasteiger partial charge in [0.15, 0.2) is 0 Å². The van der Waals surface area contributed by atoms with E-state index in [2.05, 4.69) is 10.4 Å². The Morgan fingerprint density at radius 1 is 1.28 bits per heavy atom. The van der Waals surface area contributed by atoms with Gasteiger partial charge in [0.25, 0.3) is 0 Å². The summed E-state index contributed by atoms with van der Waals surface area (Å²) in [5, 5.41) is 6.84. The molecule has 1 aromatic heterocycles. The highest BCUT2D eigenvalue weighted by atomic mass is 19.4. The fourth-order valence-corrected chi connectivity index (χ4v) is 2.63. The van der Waals surface area contributed by atoms with Gasteiger partial charge in [-0.3, -0.25) is 9.48 Å². The quantitative estimate of drug-likeness (QED) is 0.917. The lowest BCUT2D eigenvalue weighted by molar-refractivity contribution is -0.137. The van der Waals surface area contributed by atoms with Crippen molar-refractivity contribution < 1.29 is 18.0 Å². The number of nitrogens with one attached hydrogen (secondary N) is 1. The number of nitrogens with zero attached hydrogens (tertiary/aromatic N) is 3.